The lowest BCUT2D eigenvalue weighted by Gasteiger charge is -2.45. The first-order valence-corrected chi connectivity index (χ1v) is 7.99. The maximum absolute atomic E-state index is 12.6. The molecule has 0 bridgehead atoms. The van der Waals surface area contributed by atoms with E-state index in [1.54, 1.807) is 0 Å². The van der Waals surface area contributed by atoms with E-state index in [0.29, 0.717) is 10.9 Å². The first-order valence-electron chi connectivity index (χ1n) is 7.62. The molecule has 0 aromatic heterocycles. The summed E-state index contributed by atoms with van der Waals surface area (Å²) in [6, 6.07) is 7.53. The molecule has 1 fully saturated rings. The Morgan fingerprint density at radius 1 is 1.43 bits per heavy atom. The summed E-state index contributed by atoms with van der Waals surface area (Å²) in [5.41, 5.74) is 0.228. The molecule has 1 aromatic rings. The normalized spacial score (nSPS) is 25.7. The predicted octanol–water partition coefficient (Wildman–Crippen LogP) is 4.51. The molecule has 1 aromatic carbocycles. The number of rotatable bonds is 4. The summed E-state index contributed by atoms with van der Waals surface area (Å²) in [6.45, 7) is 4.35. The Hall–Kier alpha value is -1.22. The number of hydrogen-bond acceptors (Lipinski definition) is 3. The third kappa shape index (κ3) is 3.34. The van der Waals surface area contributed by atoms with Gasteiger partial charge >= 0.3 is 5.97 Å². The van der Waals surface area contributed by atoms with Crippen molar-refractivity contribution < 1.29 is 9.53 Å². The van der Waals surface area contributed by atoms with Gasteiger partial charge in [-0.15, -0.1) is 0 Å². The number of carbonyl (C=O) groups is 1. The Morgan fingerprint density at radius 3 is 2.81 bits per heavy atom. The lowest BCUT2D eigenvalue weighted by atomic mass is 9.67. The van der Waals surface area contributed by atoms with Crippen LogP contribution in [0.25, 0.3) is 0 Å². The molecule has 0 saturated heterocycles. The van der Waals surface area contributed by atoms with Crippen molar-refractivity contribution in [1.82, 2.24) is 0 Å². The largest absolute Gasteiger partial charge is 0.467 e. The van der Waals surface area contributed by atoms with Crippen molar-refractivity contribution >= 4 is 23.3 Å². The Labute approximate surface area is 132 Å². The van der Waals surface area contributed by atoms with Crippen LogP contribution < -0.4 is 5.32 Å². The topological polar surface area (TPSA) is 38.3 Å². The van der Waals surface area contributed by atoms with Crippen molar-refractivity contribution in [2.45, 2.75) is 45.1 Å². The molecule has 116 valence electrons. The fourth-order valence-corrected chi connectivity index (χ4v) is 3.76. The highest BCUT2D eigenvalue weighted by atomic mass is 35.5. The average Bonchev–Trinajstić information content (AvgIpc) is 2.46. The van der Waals surface area contributed by atoms with E-state index in [2.05, 4.69) is 19.2 Å². The van der Waals surface area contributed by atoms with Crippen LogP contribution in [0.3, 0.4) is 0 Å². The molecule has 0 radical (unpaired) electrons. The van der Waals surface area contributed by atoms with Crippen molar-refractivity contribution in [1.29, 1.82) is 0 Å². The van der Waals surface area contributed by atoms with Crippen LogP contribution in [0.15, 0.2) is 24.3 Å². The summed E-state index contributed by atoms with van der Waals surface area (Å²) in [6.07, 6.45) is 4.04. The first-order chi connectivity index (χ1) is 9.99. The smallest absolute Gasteiger partial charge is 0.331 e. The third-order valence-electron chi connectivity index (χ3n) is 4.52. The molecule has 0 heterocycles. The van der Waals surface area contributed by atoms with Crippen molar-refractivity contribution in [3.8, 4) is 0 Å². The number of methoxy groups -OCH3 is 1. The number of nitrogens with one attached hydrogen (secondary N) is 1. The van der Waals surface area contributed by atoms with Crippen LogP contribution in [0.5, 0.6) is 0 Å². The zero-order valence-electron chi connectivity index (χ0n) is 13.0. The van der Waals surface area contributed by atoms with Gasteiger partial charge in [-0.25, -0.2) is 4.79 Å². The van der Waals surface area contributed by atoms with E-state index in [9.17, 15) is 4.79 Å². The van der Waals surface area contributed by atoms with Gasteiger partial charge in [0.2, 0.25) is 0 Å². The highest BCUT2D eigenvalue weighted by Crippen LogP contribution is 2.41. The van der Waals surface area contributed by atoms with Gasteiger partial charge in [0.25, 0.3) is 0 Å². The van der Waals surface area contributed by atoms with Crippen LogP contribution >= 0.6 is 11.6 Å². The highest BCUT2D eigenvalue weighted by molar-refractivity contribution is 6.30. The van der Waals surface area contributed by atoms with Crippen molar-refractivity contribution in [2.75, 3.05) is 12.4 Å². The van der Waals surface area contributed by atoms with E-state index < -0.39 is 5.54 Å². The number of hydrogen-bond donors (Lipinski definition) is 1. The minimum Gasteiger partial charge on any atom is -0.467 e. The monoisotopic (exact) mass is 309 g/mol. The molecule has 1 aliphatic rings. The number of esters is 1. The van der Waals surface area contributed by atoms with Crippen LogP contribution in [0.2, 0.25) is 5.02 Å². The fourth-order valence-electron chi connectivity index (χ4n) is 3.57. The lowest BCUT2D eigenvalue weighted by molar-refractivity contribution is -0.150. The SMILES string of the molecule is COC(=O)C1(Nc2cccc(Cl)c2)CCCCC1C(C)C. The van der Waals surface area contributed by atoms with Gasteiger partial charge < -0.3 is 10.1 Å². The molecular formula is C17H24ClNO2. The van der Waals surface area contributed by atoms with Crippen LogP contribution in [-0.4, -0.2) is 18.6 Å². The second kappa shape index (κ2) is 6.69. The number of carbonyl (C=O) groups excluding carboxylic acids is 1. The van der Waals surface area contributed by atoms with Gasteiger partial charge in [-0.1, -0.05) is 44.4 Å². The van der Waals surface area contributed by atoms with Crippen LogP contribution in [0, 0.1) is 11.8 Å². The molecule has 0 amide bonds. The number of ether oxygens (including phenoxy) is 1. The third-order valence-corrected chi connectivity index (χ3v) is 4.75. The number of benzene rings is 1. The van der Waals surface area contributed by atoms with Gasteiger partial charge in [-0.2, -0.15) is 0 Å². The molecule has 1 saturated carbocycles. The zero-order valence-corrected chi connectivity index (χ0v) is 13.7. The molecule has 4 heteroatoms. The molecule has 21 heavy (non-hydrogen) atoms. The molecule has 3 nitrogen and oxygen atoms in total. The summed E-state index contributed by atoms with van der Waals surface area (Å²) in [5.74, 6) is 0.509. The molecule has 2 atom stereocenters. The van der Waals surface area contributed by atoms with E-state index >= 15 is 0 Å². The molecule has 2 rings (SSSR count). The van der Waals surface area contributed by atoms with Crippen molar-refractivity contribution in [3.63, 3.8) is 0 Å². The Kier molecular flexibility index (Phi) is 5.15. The maximum Gasteiger partial charge on any atom is 0.331 e. The van der Waals surface area contributed by atoms with Crippen LogP contribution in [0.1, 0.15) is 39.5 Å². The molecule has 0 aliphatic heterocycles. The first kappa shape index (κ1) is 16.2. The Morgan fingerprint density at radius 2 is 2.19 bits per heavy atom. The van der Waals surface area contributed by atoms with Gasteiger partial charge in [0.05, 0.1) is 7.11 Å². The Balaban J connectivity index is 2.38. The Bertz CT molecular complexity index is 503. The fraction of sp³-hybridized carbons (Fsp3) is 0.588. The molecule has 1 aliphatic carbocycles. The average molecular weight is 310 g/mol. The minimum atomic E-state index is -0.647. The van der Waals surface area contributed by atoms with E-state index in [0.717, 1.165) is 24.9 Å². The van der Waals surface area contributed by atoms with Gasteiger partial charge in [-0.05, 0) is 42.9 Å². The second-order valence-corrected chi connectivity index (χ2v) is 6.63. The second-order valence-electron chi connectivity index (χ2n) is 6.19. The summed E-state index contributed by atoms with van der Waals surface area (Å²) >= 11 is 6.06. The van der Waals surface area contributed by atoms with Gasteiger partial charge in [0, 0.05) is 10.7 Å². The van der Waals surface area contributed by atoms with E-state index in [1.165, 1.54) is 13.5 Å². The summed E-state index contributed by atoms with van der Waals surface area (Å²) in [4.78, 5) is 12.6. The lowest BCUT2D eigenvalue weighted by Crippen LogP contribution is -2.56. The highest BCUT2D eigenvalue weighted by Gasteiger charge is 2.49. The maximum atomic E-state index is 12.6. The summed E-state index contributed by atoms with van der Waals surface area (Å²) in [7, 11) is 1.47. The van der Waals surface area contributed by atoms with Crippen LogP contribution in [0.4, 0.5) is 5.69 Å². The van der Waals surface area contributed by atoms with E-state index in [4.69, 9.17) is 16.3 Å². The molecule has 0 spiro atoms. The summed E-state index contributed by atoms with van der Waals surface area (Å²) < 4.78 is 5.14. The zero-order chi connectivity index (χ0) is 15.5. The predicted molar refractivity (Wildman–Crippen MR) is 86.6 cm³/mol. The van der Waals surface area contributed by atoms with Crippen molar-refractivity contribution in [3.05, 3.63) is 29.3 Å². The van der Waals surface area contributed by atoms with Gasteiger partial charge in [0.15, 0.2) is 0 Å². The quantitative estimate of drug-likeness (QED) is 0.832. The summed E-state index contributed by atoms with van der Waals surface area (Å²) in [5, 5.41) is 4.12. The minimum absolute atomic E-state index is 0.166. The molecule has 1 N–H and O–H groups in total. The molecular weight excluding hydrogens is 286 g/mol. The standard InChI is InChI=1S/C17H24ClNO2/c1-12(2)15-9-4-5-10-17(15,16(20)21-3)19-14-8-6-7-13(18)11-14/h6-8,11-12,15,19H,4-5,9-10H2,1-3H3. The number of halogens is 1. The van der Waals surface area contributed by atoms with Gasteiger partial charge in [0.1, 0.15) is 5.54 Å². The molecule has 2 unspecified atom stereocenters. The van der Waals surface area contributed by atoms with Crippen molar-refractivity contribution in [2.24, 2.45) is 11.8 Å². The number of anilines is 1. The van der Waals surface area contributed by atoms with E-state index in [-0.39, 0.29) is 11.9 Å². The van der Waals surface area contributed by atoms with Crippen LogP contribution in [-0.2, 0) is 9.53 Å². The van der Waals surface area contributed by atoms with Gasteiger partial charge in [-0.3, -0.25) is 0 Å². The van der Waals surface area contributed by atoms with E-state index in [1.807, 2.05) is 24.3 Å².